The van der Waals surface area contributed by atoms with E-state index in [1.807, 2.05) is 22.3 Å². The predicted octanol–water partition coefficient (Wildman–Crippen LogP) is 1.66. The van der Waals surface area contributed by atoms with Gasteiger partial charge in [0.05, 0.1) is 23.5 Å². The van der Waals surface area contributed by atoms with Crippen molar-refractivity contribution in [2.45, 2.75) is 13.8 Å². The zero-order valence-electron chi connectivity index (χ0n) is 12.4. The minimum Gasteiger partial charge on any atom is -0.318 e. The number of aryl methyl sites for hydroxylation is 1. The second kappa shape index (κ2) is 5.66. The van der Waals surface area contributed by atoms with E-state index in [2.05, 4.69) is 0 Å². The maximum atomic E-state index is 12.0. The van der Waals surface area contributed by atoms with Crippen LogP contribution >= 0.6 is 0 Å². The summed E-state index contributed by atoms with van der Waals surface area (Å²) in [6.07, 6.45) is 0.935. The van der Waals surface area contributed by atoms with E-state index < -0.39 is 15.9 Å². The number of aromatic nitrogens is 1. The smallest absolute Gasteiger partial charge is 0.266 e. The minimum absolute atomic E-state index is 0.298. The Kier molecular flexibility index (Phi) is 4.06. The number of hydrogen-bond acceptors (Lipinski definition) is 4. The number of nitrogens with one attached hydrogen (secondary N) is 1. The van der Waals surface area contributed by atoms with Gasteiger partial charge in [0.1, 0.15) is 0 Å². The van der Waals surface area contributed by atoms with Crippen molar-refractivity contribution in [2.24, 2.45) is 0 Å². The Morgan fingerprint density at radius 2 is 1.82 bits per heavy atom. The fourth-order valence-electron chi connectivity index (χ4n) is 2.30. The molecule has 0 bridgehead atoms. The molecule has 1 aromatic carbocycles. The summed E-state index contributed by atoms with van der Waals surface area (Å²) < 4.78 is 26.2. The first-order chi connectivity index (χ1) is 10.2. The molecule has 0 saturated heterocycles. The Morgan fingerprint density at radius 3 is 2.32 bits per heavy atom. The second-order valence-electron chi connectivity index (χ2n) is 4.98. The molecule has 2 rings (SSSR count). The van der Waals surface area contributed by atoms with Gasteiger partial charge in [-0.2, -0.15) is 5.26 Å². The summed E-state index contributed by atoms with van der Waals surface area (Å²) in [6.45, 7) is 3.56. The Balaban J connectivity index is 2.47. The number of amides is 1. The van der Waals surface area contributed by atoms with Gasteiger partial charge >= 0.3 is 0 Å². The van der Waals surface area contributed by atoms with E-state index in [1.54, 1.807) is 37.3 Å². The van der Waals surface area contributed by atoms with Crippen LogP contribution in [0.1, 0.15) is 27.3 Å². The lowest BCUT2D eigenvalue weighted by Gasteiger charge is -2.10. The molecule has 7 heteroatoms. The largest absolute Gasteiger partial charge is 0.318 e. The molecular formula is C15H15N3O3S. The van der Waals surface area contributed by atoms with Crippen molar-refractivity contribution < 1.29 is 13.2 Å². The third kappa shape index (κ3) is 3.18. The molecule has 1 aromatic heterocycles. The van der Waals surface area contributed by atoms with Crippen LogP contribution in [0.3, 0.4) is 0 Å². The van der Waals surface area contributed by atoms with Crippen molar-refractivity contribution in [1.29, 1.82) is 5.26 Å². The summed E-state index contributed by atoms with van der Waals surface area (Å²) in [7, 11) is -3.61. The van der Waals surface area contributed by atoms with Crippen LogP contribution in [0.15, 0.2) is 30.3 Å². The van der Waals surface area contributed by atoms with Gasteiger partial charge in [-0.1, -0.05) is 0 Å². The number of sulfonamides is 1. The molecule has 1 amide bonds. The summed E-state index contributed by atoms with van der Waals surface area (Å²) in [4.78, 5) is 12.0. The van der Waals surface area contributed by atoms with Crippen molar-refractivity contribution in [2.75, 3.05) is 6.26 Å². The lowest BCUT2D eigenvalue weighted by molar-refractivity contribution is 0.0981. The van der Waals surface area contributed by atoms with Gasteiger partial charge < -0.3 is 4.57 Å². The lowest BCUT2D eigenvalue weighted by Crippen LogP contribution is -2.29. The van der Waals surface area contributed by atoms with Crippen LogP contribution in [0.5, 0.6) is 0 Å². The molecule has 0 saturated carbocycles. The highest BCUT2D eigenvalue weighted by atomic mass is 32.2. The van der Waals surface area contributed by atoms with Crippen LogP contribution in [0.25, 0.3) is 5.69 Å². The average Bonchev–Trinajstić information content (AvgIpc) is 2.72. The van der Waals surface area contributed by atoms with Gasteiger partial charge in [-0.05, 0) is 44.2 Å². The SMILES string of the molecule is Cc1cc(C(=O)NS(C)(=O)=O)c(C)n1-c1ccc(C#N)cc1. The van der Waals surface area contributed by atoms with Crippen molar-refractivity contribution in [3.05, 3.63) is 52.8 Å². The molecule has 0 atom stereocenters. The van der Waals surface area contributed by atoms with E-state index >= 15 is 0 Å². The standard InChI is InChI=1S/C15H15N3O3S/c1-10-8-14(15(19)17-22(3,20)21)11(2)18(10)13-6-4-12(9-16)5-7-13/h4-8H,1-3H3,(H,17,19). The monoisotopic (exact) mass is 317 g/mol. The fraction of sp³-hybridized carbons (Fsp3) is 0.200. The molecule has 0 aliphatic heterocycles. The summed E-state index contributed by atoms with van der Waals surface area (Å²) in [5.74, 6) is -0.657. The van der Waals surface area contributed by atoms with Crippen LogP contribution in [-0.2, 0) is 10.0 Å². The van der Waals surface area contributed by atoms with Crippen LogP contribution in [0.2, 0.25) is 0 Å². The Morgan fingerprint density at radius 1 is 1.23 bits per heavy atom. The number of carbonyl (C=O) groups is 1. The summed E-state index contributed by atoms with van der Waals surface area (Å²) in [5.41, 5.74) is 3.06. The van der Waals surface area contributed by atoms with Gasteiger partial charge in [0.2, 0.25) is 10.0 Å². The number of rotatable bonds is 3. The third-order valence-corrected chi connectivity index (χ3v) is 3.76. The Bertz CT molecular complexity index is 872. The summed E-state index contributed by atoms with van der Waals surface area (Å²) in [5, 5.41) is 8.83. The van der Waals surface area contributed by atoms with Gasteiger partial charge in [-0.25, -0.2) is 13.1 Å². The van der Waals surface area contributed by atoms with E-state index in [4.69, 9.17) is 5.26 Å². The molecule has 6 nitrogen and oxygen atoms in total. The van der Waals surface area contributed by atoms with Gasteiger partial charge in [-0.3, -0.25) is 4.79 Å². The highest BCUT2D eigenvalue weighted by molar-refractivity contribution is 7.89. The van der Waals surface area contributed by atoms with Gasteiger partial charge in [0, 0.05) is 17.1 Å². The number of nitrogens with zero attached hydrogens (tertiary/aromatic N) is 2. The highest BCUT2D eigenvalue weighted by Gasteiger charge is 2.19. The summed E-state index contributed by atoms with van der Waals surface area (Å²) in [6, 6.07) is 10.6. The highest BCUT2D eigenvalue weighted by Crippen LogP contribution is 2.21. The van der Waals surface area contributed by atoms with Gasteiger partial charge in [-0.15, -0.1) is 0 Å². The van der Waals surface area contributed by atoms with E-state index in [0.717, 1.165) is 17.6 Å². The van der Waals surface area contributed by atoms with Gasteiger partial charge in [0.15, 0.2) is 0 Å². The molecule has 2 aromatic rings. The molecule has 0 unspecified atom stereocenters. The molecular weight excluding hydrogens is 302 g/mol. The number of hydrogen-bond donors (Lipinski definition) is 1. The maximum Gasteiger partial charge on any atom is 0.266 e. The normalized spacial score (nSPS) is 11.0. The fourth-order valence-corrected chi connectivity index (χ4v) is 2.75. The zero-order chi connectivity index (χ0) is 16.5. The first-order valence-electron chi connectivity index (χ1n) is 6.44. The first-order valence-corrected chi connectivity index (χ1v) is 8.33. The molecule has 0 aliphatic carbocycles. The maximum absolute atomic E-state index is 12.0. The van der Waals surface area contributed by atoms with Crippen molar-refractivity contribution in [1.82, 2.24) is 9.29 Å². The van der Waals surface area contributed by atoms with E-state index in [-0.39, 0.29) is 0 Å². The molecule has 0 fully saturated rings. The van der Waals surface area contributed by atoms with Crippen LogP contribution in [0, 0.1) is 25.2 Å². The zero-order valence-corrected chi connectivity index (χ0v) is 13.2. The second-order valence-corrected chi connectivity index (χ2v) is 6.73. The minimum atomic E-state index is -3.61. The van der Waals surface area contributed by atoms with Crippen molar-refractivity contribution in [3.8, 4) is 11.8 Å². The van der Waals surface area contributed by atoms with Crippen LogP contribution in [-0.4, -0.2) is 25.1 Å². The first kappa shape index (κ1) is 15.8. The van der Waals surface area contributed by atoms with Gasteiger partial charge in [0.25, 0.3) is 5.91 Å². The third-order valence-electron chi connectivity index (χ3n) is 3.21. The topological polar surface area (TPSA) is 92.0 Å². The van der Waals surface area contributed by atoms with Crippen molar-refractivity contribution in [3.63, 3.8) is 0 Å². The van der Waals surface area contributed by atoms with Crippen molar-refractivity contribution >= 4 is 15.9 Å². The van der Waals surface area contributed by atoms with E-state index in [1.165, 1.54) is 0 Å². The Labute approximate surface area is 129 Å². The number of carbonyl (C=O) groups excluding carboxylic acids is 1. The molecule has 0 radical (unpaired) electrons. The van der Waals surface area contributed by atoms with Crippen LogP contribution < -0.4 is 4.72 Å². The molecule has 1 heterocycles. The van der Waals surface area contributed by atoms with E-state index in [9.17, 15) is 13.2 Å². The molecule has 0 aliphatic rings. The van der Waals surface area contributed by atoms with Crippen LogP contribution in [0.4, 0.5) is 0 Å². The number of benzene rings is 1. The summed E-state index contributed by atoms with van der Waals surface area (Å²) >= 11 is 0. The average molecular weight is 317 g/mol. The molecule has 0 spiro atoms. The molecule has 114 valence electrons. The molecule has 22 heavy (non-hydrogen) atoms. The lowest BCUT2D eigenvalue weighted by atomic mass is 10.2. The quantitative estimate of drug-likeness (QED) is 0.931. The molecule has 1 N–H and O–H groups in total. The van der Waals surface area contributed by atoms with E-state index in [0.29, 0.717) is 16.8 Å². The predicted molar refractivity (Wildman–Crippen MR) is 82.3 cm³/mol. The Hall–Kier alpha value is -2.59. The number of nitriles is 1.